The number of hydrogen-bond acceptors (Lipinski definition) is 2. The number of likely N-dealkylation sites (N-methyl/N-ethyl adjacent to an activating group) is 1. The predicted molar refractivity (Wildman–Crippen MR) is 51.2 cm³/mol. The first-order valence-electron chi connectivity index (χ1n) is 5.20. The molecule has 1 N–H and O–H groups in total. The first-order valence-corrected chi connectivity index (χ1v) is 5.20. The Morgan fingerprint density at radius 1 is 1.50 bits per heavy atom. The van der Waals surface area contributed by atoms with Crippen molar-refractivity contribution >= 4 is 0 Å². The molecule has 0 aromatic rings. The summed E-state index contributed by atoms with van der Waals surface area (Å²) >= 11 is 0. The van der Waals surface area contributed by atoms with Crippen LogP contribution in [0.4, 0.5) is 0 Å². The molecule has 1 saturated heterocycles. The van der Waals surface area contributed by atoms with E-state index in [-0.39, 0.29) is 0 Å². The lowest BCUT2D eigenvalue weighted by Gasteiger charge is -2.27. The summed E-state index contributed by atoms with van der Waals surface area (Å²) in [4.78, 5) is 2.62. The molecule has 2 rings (SSSR count). The van der Waals surface area contributed by atoms with Crippen LogP contribution in [0.5, 0.6) is 0 Å². The molecule has 1 atom stereocenters. The van der Waals surface area contributed by atoms with E-state index in [4.69, 9.17) is 0 Å². The van der Waals surface area contributed by atoms with Crippen LogP contribution in [0.1, 0.15) is 26.7 Å². The first-order chi connectivity index (χ1) is 5.76. The fraction of sp³-hybridized carbons (Fsp3) is 1.00. The lowest BCUT2D eigenvalue weighted by Crippen LogP contribution is -2.38. The molecule has 0 aromatic carbocycles. The van der Waals surface area contributed by atoms with Gasteiger partial charge in [-0.1, -0.05) is 6.92 Å². The van der Waals surface area contributed by atoms with Crippen LogP contribution < -0.4 is 5.32 Å². The maximum atomic E-state index is 3.57. The summed E-state index contributed by atoms with van der Waals surface area (Å²) in [6.07, 6.45) is 2.90. The molecule has 2 aliphatic rings. The zero-order chi connectivity index (χ0) is 8.60. The van der Waals surface area contributed by atoms with Crippen molar-refractivity contribution in [3.63, 3.8) is 0 Å². The Hall–Kier alpha value is -0.0800. The van der Waals surface area contributed by atoms with Gasteiger partial charge in [-0.25, -0.2) is 0 Å². The van der Waals surface area contributed by atoms with Crippen molar-refractivity contribution in [2.75, 3.05) is 26.2 Å². The summed E-state index contributed by atoms with van der Waals surface area (Å²) in [7, 11) is 0. The molecule has 0 amide bonds. The van der Waals surface area contributed by atoms with Gasteiger partial charge in [-0.3, -0.25) is 4.90 Å². The van der Waals surface area contributed by atoms with Gasteiger partial charge in [0.2, 0.25) is 0 Å². The minimum atomic E-state index is 0.681. The number of nitrogens with zero attached hydrogens (tertiary/aromatic N) is 1. The normalized spacial score (nSPS) is 35.0. The van der Waals surface area contributed by atoms with Gasteiger partial charge < -0.3 is 5.32 Å². The van der Waals surface area contributed by atoms with Crippen molar-refractivity contribution < 1.29 is 0 Å². The summed E-state index contributed by atoms with van der Waals surface area (Å²) in [6, 6.07) is 0.731. The van der Waals surface area contributed by atoms with Crippen molar-refractivity contribution in [2.24, 2.45) is 5.41 Å². The topological polar surface area (TPSA) is 15.3 Å². The van der Waals surface area contributed by atoms with Crippen molar-refractivity contribution in [2.45, 2.75) is 32.7 Å². The molecule has 1 spiro atoms. The number of hydrogen-bond donors (Lipinski definition) is 1. The highest BCUT2D eigenvalue weighted by molar-refractivity contribution is 4.99. The Kier molecular flexibility index (Phi) is 2.13. The third kappa shape index (κ3) is 1.50. The molecule has 1 unspecified atom stereocenters. The number of rotatable bonds is 1. The molecule has 0 radical (unpaired) electrons. The van der Waals surface area contributed by atoms with Crippen LogP contribution in [0.3, 0.4) is 0 Å². The SMILES string of the molecule is CCN1CC2(CC2)CNCC1C. The number of nitrogens with one attached hydrogen (secondary N) is 1. The van der Waals surface area contributed by atoms with Crippen molar-refractivity contribution in [1.82, 2.24) is 10.2 Å². The summed E-state index contributed by atoms with van der Waals surface area (Å²) in [5.41, 5.74) is 0.681. The predicted octanol–water partition coefficient (Wildman–Crippen LogP) is 1.08. The van der Waals surface area contributed by atoms with Gasteiger partial charge in [0.1, 0.15) is 0 Å². The molecule has 2 nitrogen and oxygen atoms in total. The summed E-state index contributed by atoms with van der Waals surface area (Å²) in [5.74, 6) is 0. The van der Waals surface area contributed by atoms with Gasteiger partial charge in [0.15, 0.2) is 0 Å². The monoisotopic (exact) mass is 168 g/mol. The molecule has 12 heavy (non-hydrogen) atoms. The van der Waals surface area contributed by atoms with Crippen LogP contribution in [0.15, 0.2) is 0 Å². The van der Waals surface area contributed by atoms with E-state index in [0.29, 0.717) is 5.41 Å². The van der Waals surface area contributed by atoms with E-state index < -0.39 is 0 Å². The maximum Gasteiger partial charge on any atom is 0.0192 e. The van der Waals surface area contributed by atoms with E-state index in [0.717, 1.165) is 6.04 Å². The highest BCUT2D eigenvalue weighted by atomic mass is 15.2. The lowest BCUT2D eigenvalue weighted by atomic mass is 10.1. The quantitative estimate of drug-likeness (QED) is 0.630. The Morgan fingerprint density at radius 3 is 2.83 bits per heavy atom. The van der Waals surface area contributed by atoms with Gasteiger partial charge in [-0.15, -0.1) is 0 Å². The lowest BCUT2D eigenvalue weighted by molar-refractivity contribution is 0.203. The maximum absolute atomic E-state index is 3.57. The third-order valence-electron chi connectivity index (χ3n) is 3.46. The summed E-state index contributed by atoms with van der Waals surface area (Å²) in [5, 5.41) is 3.57. The van der Waals surface area contributed by atoms with Crippen LogP contribution >= 0.6 is 0 Å². The van der Waals surface area contributed by atoms with E-state index in [1.807, 2.05) is 0 Å². The van der Waals surface area contributed by atoms with Gasteiger partial charge in [-0.05, 0) is 31.7 Å². The highest BCUT2D eigenvalue weighted by Gasteiger charge is 2.45. The molecule has 0 aromatic heterocycles. The first kappa shape index (κ1) is 8.52. The average molecular weight is 168 g/mol. The molecule has 1 aliphatic heterocycles. The van der Waals surface area contributed by atoms with Crippen LogP contribution in [0, 0.1) is 5.41 Å². The largest absolute Gasteiger partial charge is 0.315 e. The standard InChI is InChI=1S/C10H20N2/c1-3-12-8-10(4-5-10)7-11-6-9(12)2/h9,11H,3-8H2,1-2H3. The van der Waals surface area contributed by atoms with E-state index >= 15 is 0 Å². The van der Waals surface area contributed by atoms with Gasteiger partial charge >= 0.3 is 0 Å². The summed E-state index contributed by atoms with van der Waals surface area (Å²) < 4.78 is 0. The van der Waals surface area contributed by atoms with Gasteiger partial charge in [0, 0.05) is 25.7 Å². The van der Waals surface area contributed by atoms with Crippen molar-refractivity contribution in [3.8, 4) is 0 Å². The molecule has 1 saturated carbocycles. The summed E-state index contributed by atoms with van der Waals surface area (Å²) in [6.45, 7) is 9.58. The van der Waals surface area contributed by atoms with E-state index in [1.54, 1.807) is 0 Å². The highest BCUT2D eigenvalue weighted by Crippen LogP contribution is 2.46. The second-order valence-corrected chi connectivity index (χ2v) is 4.54. The molecule has 2 fully saturated rings. The molecule has 1 aliphatic carbocycles. The third-order valence-corrected chi connectivity index (χ3v) is 3.46. The molecule has 1 heterocycles. The average Bonchev–Trinajstić information content (AvgIpc) is 2.82. The minimum Gasteiger partial charge on any atom is -0.315 e. The fourth-order valence-electron chi connectivity index (χ4n) is 2.25. The molecular weight excluding hydrogens is 148 g/mol. The van der Waals surface area contributed by atoms with Crippen LogP contribution in [0.25, 0.3) is 0 Å². The molecule has 70 valence electrons. The molecular formula is C10H20N2. The Bertz CT molecular complexity index is 163. The molecule has 0 bridgehead atoms. The van der Waals surface area contributed by atoms with Crippen molar-refractivity contribution in [3.05, 3.63) is 0 Å². The van der Waals surface area contributed by atoms with Gasteiger partial charge in [0.05, 0.1) is 0 Å². The second kappa shape index (κ2) is 3.00. The zero-order valence-corrected chi connectivity index (χ0v) is 8.27. The smallest absolute Gasteiger partial charge is 0.0192 e. The Balaban J connectivity index is 2.00. The van der Waals surface area contributed by atoms with E-state index in [9.17, 15) is 0 Å². The Labute approximate surface area is 75.3 Å². The molecule has 2 heteroatoms. The van der Waals surface area contributed by atoms with Crippen LogP contribution in [-0.4, -0.2) is 37.1 Å². The zero-order valence-electron chi connectivity index (χ0n) is 8.27. The second-order valence-electron chi connectivity index (χ2n) is 4.54. The van der Waals surface area contributed by atoms with Crippen LogP contribution in [0.2, 0.25) is 0 Å². The van der Waals surface area contributed by atoms with Gasteiger partial charge in [0.25, 0.3) is 0 Å². The van der Waals surface area contributed by atoms with Crippen LogP contribution in [-0.2, 0) is 0 Å². The van der Waals surface area contributed by atoms with Gasteiger partial charge in [-0.2, -0.15) is 0 Å². The minimum absolute atomic E-state index is 0.681. The van der Waals surface area contributed by atoms with E-state index in [1.165, 1.54) is 39.0 Å². The van der Waals surface area contributed by atoms with E-state index in [2.05, 4.69) is 24.1 Å². The van der Waals surface area contributed by atoms with Crippen molar-refractivity contribution in [1.29, 1.82) is 0 Å². The Morgan fingerprint density at radius 2 is 2.25 bits per heavy atom. The fourth-order valence-corrected chi connectivity index (χ4v) is 2.25.